The molecule has 1 aliphatic rings. The van der Waals surface area contributed by atoms with E-state index in [4.69, 9.17) is 4.42 Å². The van der Waals surface area contributed by atoms with Crippen molar-refractivity contribution in [1.82, 2.24) is 4.90 Å². The van der Waals surface area contributed by atoms with E-state index in [1.54, 1.807) is 6.26 Å². The van der Waals surface area contributed by atoms with Crippen LogP contribution in [0.25, 0.3) is 0 Å². The van der Waals surface area contributed by atoms with Gasteiger partial charge in [0.25, 0.3) is 0 Å². The van der Waals surface area contributed by atoms with Crippen LogP contribution in [0.15, 0.2) is 22.8 Å². The monoisotopic (exact) mass is 235 g/mol. The molecule has 1 saturated heterocycles. The van der Waals surface area contributed by atoms with Crippen molar-refractivity contribution >= 4 is 5.91 Å². The van der Waals surface area contributed by atoms with Crippen LogP contribution in [-0.2, 0) is 4.79 Å². The van der Waals surface area contributed by atoms with Crippen LogP contribution in [-0.4, -0.2) is 23.9 Å². The molecule has 0 bridgehead atoms. The fourth-order valence-electron chi connectivity index (χ4n) is 2.31. The number of nitrogens with zero attached hydrogens (tertiary/aromatic N) is 1. The first-order chi connectivity index (χ1) is 7.96. The average Bonchev–Trinajstić information content (AvgIpc) is 2.86. The van der Waals surface area contributed by atoms with Crippen LogP contribution in [0.5, 0.6) is 0 Å². The molecule has 17 heavy (non-hydrogen) atoms. The Hall–Kier alpha value is -1.25. The summed E-state index contributed by atoms with van der Waals surface area (Å²) in [4.78, 5) is 14.0. The molecular formula is C14H21NO2. The van der Waals surface area contributed by atoms with Crippen LogP contribution in [0.3, 0.4) is 0 Å². The SMILES string of the molecule is CC(C)(C)CC(=O)N1CCC(c2ccco2)C1. The first-order valence-corrected chi connectivity index (χ1v) is 6.27. The first-order valence-electron chi connectivity index (χ1n) is 6.27. The standard InChI is InChI=1S/C14H21NO2/c1-14(2,3)9-13(16)15-7-6-11(10-15)12-5-4-8-17-12/h4-5,8,11H,6-7,9-10H2,1-3H3. The van der Waals surface area contributed by atoms with E-state index in [-0.39, 0.29) is 11.3 Å². The lowest BCUT2D eigenvalue weighted by atomic mass is 9.92. The molecule has 0 N–H and O–H groups in total. The third kappa shape index (κ3) is 3.11. The van der Waals surface area contributed by atoms with Crippen molar-refractivity contribution in [2.45, 2.75) is 39.5 Å². The molecular weight excluding hydrogens is 214 g/mol. The van der Waals surface area contributed by atoms with E-state index in [2.05, 4.69) is 20.8 Å². The summed E-state index contributed by atoms with van der Waals surface area (Å²) in [6.45, 7) is 7.98. The summed E-state index contributed by atoms with van der Waals surface area (Å²) >= 11 is 0. The second kappa shape index (κ2) is 4.55. The van der Waals surface area contributed by atoms with Crippen LogP contribution < -0.4 is 0 Å². The molecule has 1 aliphatic heterocycles. The van der Waals surface area contributed by atoms with Gasteiger partial charge in [-0.05, 0) is 24.0 Å². The van der Waals surface area contributed by atoms with Gasteiger partial charge in [0, 0.05) is 25.4 Å². The van der Waals surface area contributed by atoms with Crippen molar-refractivity contribution in [3.05, 3.63) is 24.2 Å². The fourth-order valence-corrected chi connectivity index (χ4v) is 2.31. The summed E-state index contributed by atoms with van der Waals surface area (Å²) in [5.74, 6) is 1.66. The van der Waals surface area contributed by atoms with Gasteiger partial charge in [-0.2, -0.15) is 0 Å². The van der Waals surface area contributed by atoms with Gasteiger partial charge in [-0.25, -0.2) is 0 Å². The maximum absolute atomic E-state index is 12.1. The second-order valence-corrected chi connectivity index (χ2v) is 6.08. The predicted molar refractivity (Wildman–Crippen MR) is 66.7 cm³/mol. The van der Waals surface area contributed by atoms with E-state index in [0.717, 1.165) is 25.3 Å². The van der Waals surface area contributed by atoms with Crippen molar-refractivity contribution < 1.29 is 9.21 Å². The Morgan fingerprint density at radius 1 is 1.53 bits per heavy atom. The molecule has 1 unspecified atom stereocenters. The van der Waals surface area contributed by atoms with Crippen LogP contribution >= 0.6 is 0 Å². The highest BCUT2D eigenvalue weighted by Gasteiger charge is 2.30. The number of hydrogen-bond donors (Lipinski definition) is 0. The minimum atomic E-state index is 0.0693. The number of furan rings is 1. The maximum atomic E-state index is 12.1. The fraction of sp³-hybridized carbons (Fsp3) is 0.643. The molecule has 3 nitrogen and oxygen atoms in total. The lowest BCUT2D eigenvalue weighted by Gasteiger charge is -2.22. The van der Waals surface area contributed by atoms with E-state index in [1.807, 2.05) is 17.0 Å². The minimum absolute atomic E-state index is 0.0693. The number of carbonyl (C=O) groups excluding carboxylic acids is 1. The van der Waals surface area contributed by atoms with Gasteiger partial charge < -0.3 is 9.32 Å². The highest BCUT2D eigenvalue weighted by atomic mass is 16.3. The topological polar surface area (TPSA) is 33.5 Å². The Labute approximate surface area is 103 Å². The van der Waals surface area contributed by atoms with Crippen molar-refractivity contribution in [3.63, 3.8) is 0 Å². The molecule has 1 aromatic rings. The third-order valence-electron chi connectivity index (χ3n) is 3.17. The summed E-state index contributed by atoms with van der Waals surface area (Å²) in [7, 11) is 0. The molecule has 0 radical (unpaired) electrons. The van der Waals surface area contributed by atoms with Crippen LogP contribution in [0.4, 0.5) is 0 Å². The second-order valence-electron chi connectivity index (χ2n) is 6.08. The van der Waals surface area contributed by atoms with Gasteiger partial charge in [0.15, 0.2) is 0 Å². The molecule has 2 heterocycles. The zero-order valence-electron chi connectivity index (χ0n) is 10.9. The van der Waals surface area contributed by atoms with Crippen LogP contribution in [0, 0.1) is 5.41 Å². The summed E-state index contributed by atoms with van der Waals surface area (Å²) in [5, 5.41) is 0. The first kappa shape index (κ1) is 12.2. The molecule has 0 aromatic carbocycles. The van der Waals surface area contributed by atoms with Crippen molar-refractivity contribution in [2.75, 3.05) is 13.1 Å². The zero-order chi connectivity index (χ0) is 12.5. The van der Waals surface area contributed by atoms with Crippen LogP contribution in [0.2, 0.25) is 0 Å². The number of carbonyl (C=O) groups is 1. The van der Waals surface area contributed by atoms with Gasteiger partial charge in [-0.3, -0.25) is 4.79 Å². The smallest absolute Gasteiger partial charge is 0.223 e. The molecule has 1 amide bonds. The van der Waals surface area contributed by atoms with Crippen LogP contribution in [0.1, 0.15) is 45.3 Å². The molecule has 94 valence electrons. The molecule has 1 atom stereocenters. The van der Waals surface area contributed by atoms with E-state index < -0.39 is 0 Å². The number of rotatable bonds is 2. The molecule has 2 rings (SSSR count). The molecule has 0 aliphatic carbocycles. The van der Waals surface area contributed by atoms with E-state index in [0.29, 0.717) is 12.3 Å². The van der Waals surface area contributed by atoms with Gasteiger partial charge in [0.2, 0.25) is 5.91 Å². The molecule has 0 saturated carbocycles. The quantitative estimate of drug-likeness (QED) is 0.789. The van der Waals surface area contributed by atoms with Gasteiger partial charge in [-0.1, -0.05) is 20.8 Å². The lowest BCUT2D eigenvalue weighted by Crippen LogP contribution is -2.31. The summed E-state index contributed by atoms with van der Waals surface area (Å²) in [6.07, 6.45) is 3.34. The van der Waals surface area contributed by atoms with Crippen molar-refractivity contribution in [1.29, 1.82) is 0 Å². The van der Waals surface area contributed by atoms with E-state index in [1.165, 1.54) is 0 Å². The highest BCUT2D eigenvalue weighted by molar-refractivity contribution is 5.77. The normalized spacial score (nSPS) is 20.9. The summed E-state index contributed by atoms with van der Waals surface area (Å²) in [5.41, 5.74) is 0.0693. The predicted octanol–water partition coefficient (Wildman–Crippen LogP) is 3.03. The summed E-state index contributed by atoms with van der Waals surface area (Å²) < 4.78 is 5.41. The van der Waals surface area contributed by atoms with Gasteiger partial charge in [-0.15, -0.1) is 0 Å². The Bertz CT molecular complexity index is 375. The Morgan fingerprint density at radius 3 is 2.88 bits per heavy atom. The molecule has 1 fully saturated rings. The maximum Gasteiger partial charge on any atom is 0.223 e. The zero-order valence-corrected chi connectivity index (χ0v) is 10.9. The van der Waals surface area contributed by atoms with Gasteiger partial charge in [0.1, 0.15) is 5.76 Å². The van der Waals surface area contributed by atoms with Gasteiger partial charge >= 0.3 is 0 Å². The highest BCUT2D eigenvalue weighted by Crippen LogP contribution is 2.29. The van der Waals surface area contributed by atoms with Crippen molar-refractivity contribution in [3.8, 4) is 0 Å². The Morgan fingerprint density at radius 2 is 2.29 bits per heavy atom. The largest absolute Gasteiger partial charge is 0.469 e. The van der Waals surface area contributed by atoms with E-state index >= 15 is 0 Å². The van der Waals surface area contributed by atoms with E-state index in [9.17, 15) is 4.79 Å². The molecule has 0 spiro atoms. The molecule has 3 heteroatoms. The third-order valence-corrected chi connectivity index (χ3v) is 3.17. The van der Waals surface area contributed by atoms with Gasteiger partial charge in [0.05, 0.1) is 6.26 Å². The average molecular weight is 235 g/mol. The number of hydrogen-bond acceptors (Lipinski definition) is 2. The number of amides is 1. The van der Waals surface area contributed by atoms with Crippen molar-refractivity contribution in [2.24, 2.45) is 5.41 Å². The Balaban J connectivity index is 1.92. The molecule has 1 aromatic heterocycles. The lowest BCUT2D eigenvalue weighted by molar-refractivity contribution is -0.132. The summed E-state index contributed by atoms with van der Waals surface area (Å²) in [6, 6.07) is 3.91. The number of likely N-dealkylation sites (tertiary alicyclic amines) is 1. The minimum Gasteiger partial charge on any atom is -0.469 e. The Kier molecular flexibility index (Phi) is 3.27.